The van der Waals surface area contributed by atoms with E-state index in [1.54, 1.807) is 13.0 Å². The summed E-state index contributed by atoms with van der Waals surface area (Å²) >= 11 is 5.72. The van der Waals surface area contributed by atoms with Crippen LogP contribution in [0.2, 0.25) is 5.02 Å². The van der Waals surface area contributed by atoms with E-state index in [1.165, 1.54) is 12.1 Å². The summed E-state index contributed by atoms with van der Waals surface area (Å²) in [6.07, 6.45) is -0.0831. The highest BCUT2D eigenvalue weighted by atomic mass is 35.5. The molecule has 7 heteroatoms. The van der Waals surface area contributed by atoms with E-state index in [4.69, 9.17) is 21.6 Å². The predicted octanol–water partition coefficient (Wildman–Crippen LogP) is 2.23. The fourth-order valence-corrected chi connectivity index (χ4v) is 1.72. The van der Waals surface area contributed by atoms with E-state index in [2.05, 4.69) is 0 Å². The van der Waals surface area contributed by atoms with Gasteiger partial charge in [-0.1, -0.05) is 11.6 Å². The number of esters is 1. The standard InChI is InChI=1S/C11H9ClN2O4/c1-2-18-10(15)5-7-3-8(6-13)11(14(16)17)9(12)4-7/h3-4H,2,5H2,1H3. The maximum absolute atomic E-state index is 11.3. The number of rotatable bonds is 4. The van der Waals surface area contributed by atoms with E-state index in [0.29, 0.717) is 5.56 Å². The molecule has 0 atom stereocenters. The van der Waals surface area contributed by atoms with Crippen LogP contribution in [0.15, 0.2) is 12.1 Å². The van der Waals surface area contributed by atoms with Crippen molar-refractivity contribution in [2.24, 2.45) is 0 Å². The Morgan fingerprint density at radius 3 is 2.78 bits per heavy atom. The molecule has 0 saturated heterocycles. The first-order chi connectivity index (χ1) is 8.49. The van der Waals surface area contributed by atoms with Crippen LogP contribution in [0, 0.1) is 21.4 Å². The van der Waals surface area contributed by atoms with E-state index < -0.39 is 16.6 Å². The molecule has 0 spiro atoms. The van der Waals surface area contributed by atoms with Gasteiger partial charge in [-0.2, -0.15) is 5.26 Å². The van der Waals surface area contributed by atoms with E-state index in [1.807, 2.05) is 0 Å². The lowest BCUT2D eigenvalue weighted by Crippen LogP contribution is -2.08. The molecule has 1 rings (SSSR count). The van der Waals surface area contributed by atoms with Gasteiger partial charge in [0.1, 0.15) is 16.7 Å². The summed E-state index contributed by atoms with van der Waals surface area (Å²) in [5.41, 5.74) is -0.223. The van der Waals surface area contributed by atoms with Gasteiger partial charge in [-0.3, -0.25) is 14.9 Å². The number of hydrogen-bond acceptors (Lipinski definition) is 5. The van der Waals surface area contributed by atoms with Crippen molar-refractivity contribution in [2.45, 2.75) is 13.3 Å². The zero-order chi connectivity index (χ0) is 13.7. The number of nitriles is 1. The molecule has 0 fully saturated rings. The highest BCUT2D eigenvalue weighted by Crippen LogP contribution is 2.29. The van der Waals surface area contributed by atoms with Gasteiger partial charge in [-0.25, -0.2) is 0 Å². The second-order valence-corrected chi connectivity index (χ2v) is 3.73. The highest BCUT2D eigenvalue weighted by Gasteiger charge is 2.20. The first-order valence-corrected chi connectivity index (χ1v) is 5.40. The Morgan fingerprint density at radius 2 is 2.28 bits per heavy atom. The molecule has 0 aliphatic heterocycles. The van der Waals surface area contributed by atoms with Crippen molar-refractivity contribution in [3.8, 4) is 6.07 Å². The average Bonchev–Trinajstić information content (AvgIpc) is 2.27. The van der Waals surface area contributed by atoms with Crippen molar-refractivity contribution >= 4 is 23.3 Å². The second-order valence-electron chi connectivity index (χ2n) is 3.32. The first kappa shape index (κ1) is 13.9. The predicted molar refractivity (Wildman–Crippen MR) is 63.2 cm³/mol. The normalized spacial score (nSPS) is 9.61. The Hall–Kier alpha value is -2.13. The summed E-state index contributed by atoms with van der Waals surface area (Å²) in [5.74, 6) is -0.480. The lowest BCUT2D eigenvalue weighted by Gasteiger charge is -2.04. The van der Waals surface area contributed by atoms with Crippen molar-refractivity contribution in [3.63, 3.8) is 0 Å². The molecule has 0 bridgehead atoms. The number of benzene rings is 1. The third-order valence-corrected chi connectivity index (χ3v) is 2.37. The first-order valence-electron chi connectivity index (χ1n) is 5.02. The van der Waals surface area contributed by atoms with E-state index in [-0.39, 0.29) is 23.6 Å². The molecule has 0 heterocycles. The Kier molecular flexibility index (Phi) is 4.63. The van der Waals surface area contributed by atoms with Gasteiger partial charge in [0.2, 0.25) is 0 Å². The minimum absolute atomic E-state index is 0.0831. The van der Waals surface area contributed by atoms with Crippen molar-refractivity contribution in [3.05, 3.63) is 38.4 Å². The number of carbonyl (C=O) groups is 1. The maximum atomic E-state index is 11.3. The van der Waals surface area contributed by atoms with Gasteiger partial charge in [0.25, 0.3) is 0 Å². The third kappa shape index (κ3) is 3.18. The summed E-state index contributed by atoms with van der Waals surface area (Å²) in [5, 5.41) is 19.4. The fourth-order valence-electron chi connectivity index (χ4n) is 1.41. The quantitative estimate of drug-likeness (QED) is 0.474. The lowest BCUT2D eigenvalue weighted by atomic mass is 10.1. The summed E-state index contributed by atoms with van der Waals surface area (Å²) in [4.78, 5) is 21.2. The summed E-state index contributed by atoms with van der Waals surface area (Å²) in [6.45, 7) is 1.91. The molecular weight excluding hydrogens is 260 g/mol. The SMILES string of the molecule is CCOC(=O)Cc1cc(Cl)c([N+](=O)[O-])c(C#N)c1. The molecular formula is C11H9ClN2O4. The van der Waals surface area contributed by atoms with E-state index in [9.17, 15) is 14.9 Å². The molecule has 18 heavy (non-hydrogen) atoms. The van der Waals surface area contributed by atoms with Crippen LogP contribution in [0.25, 0.3) is 0 Å². The van der Waals surface area contributed by atoms with Crippen molar-refractivity contribution in [1.82, 2.24) is 0 Å². The van der Waals surface area contributed by atoms with Gasteiger partial charge in [0, 0.05) is 0 Å². The minimum Gasteiger partial charge on any atom is -0.466 e. The van der Waals surface area contributed by atoms with Gasteiger partial charge in [0.05, 0.1) is 18.0 Å². The van der Waals surface area contributed by atoms with Gasteiger partial charge in [-0.15, -0.1) is 0 Å². The molecule has 0 aliphatic rings. The van der Waals surface area contributed by atoms with Crippen molar-refractivity contribution in [2.75, 3.05) is 6.61 Å². The van der Waals surface area contributed by atoms with Crippen molar-refractivity contribution in [1.29, 1.82) is 5.26 Å². The highest BCUT2D eigenvalue weighted by molar-refractivity contribution is 6.33. The van der Waals surface area contributed by atoms with Crippen molar-refractivity contribution < 1.29 is 14.5 Å². The van der Waals surface area contributed by atoms with Crippen LogP contribution in [0.5, 0.6) is 0 Å². The molecule has 0 amide bonds. The fraction of sp³-hybridized carbons (Fsp3) is 0.273. The molecule has 1 aromatic carbocycles. The van der Waals surface area contributed by atoms with Gasteiger partial charge in [-0.05, 0) is 24.6 Å². The van der Waals surface area contributed by atoms with Crippen LogP contribution >= 0.6 is 11.6 Å². The number of carbonyl (C=O) groups excluding carboxylic acids is 1. The van der Waals surface area contributed by atoms with Gasteiger partial charge >= 0.3 is 11.7 Å². The van der Waals surface area contributed by atoms with Gasteiger partial charge < -0.3 is 4.74 Å². The molecule has 1 aromatic rings. The van der Waals surface area contributed by atoms with Crippen LogP contribution in [0.1, 0.15) is 18.1 Å². The lowest BCUT2D eigenvalue weighted by molar-refractivity contribution is -0.385. The van der Waals surface area contributed by atoms with E-state index >= 15 is 0 Å². The minimum atomic E-state index is -0.727. The third-order valence-electron chi connectivity index (χ3n) is 2.08. The van der Waals surface area contributed by atoms with Crippen LogP contribution in [-0.4, -0.2) is 17.5 Å². The molecule has 0 N–H and O–H groups in total. The smallest absolute Gasteiger partial charge is 0.310 e. The largest absolute Gasteiger partial charge is 0.466 e. The topological polar surface area (TPSA) is 93.2 Å². The monoisotopic (exact) mass is 268 g/mol. The summed E-state index contributed by atoms with van der Waals surface area (Å²) in [6, 6.07) is 4.24. The number of nitrogens with zero attached hydrogens (tertiary/aromatic N) is 2. The summed E-state index contributed by atoms with van der Waals surface area (Å²) in [7, 11) is 0. The molecule has 0 aliphatic carbocycles. The molecule has 0 radical (unpaired) electrons. The maximum Gasteiger partial charge on any atom is 0.310 e. The zero-order valence-corrected chi connectivity index (χ0v) is 10.2. The molecule has 0 unspecified atom stereocenters. The summed E-state index contributed by atoms with van der Waals surface area (Å²) < 4.78 is 4.74. The van der Waals surface area contributed by atoms with E-state index in [0.717, 1.165) is 0 Å². The number of halogens is 1. The molecule has 0 saturated carbocycles. The molecule has 0 aromatic heterocycles. The zero-order valence-electron chi connectivity index (χ0n) is 9.47. The van der Waals surface area contributed by atoms with Crippen LogP contribution in [-0.2, 0) is 16.0 Å². The Labute approximate surface area is 108 Å². The molecule has 94 valence electrons. The Balaban J connectivity index is 3.12. The van der Waals surface area contributed by atoms with Crippen LogP contribution in [0.3, 0.4) is 0 Å². The number of nitro benzene ring substituents is 1. The van der Waals surface area contributed by atoms with Crippen LogP contribution < -0.4 is 0 Å². The Bertz CT molecular complexity index is 537. The molecule has 6 nitrogen and oxygen atoms in total. The van der Waals surface area contributed by atoms with Crippen LogP contribution in [0.4, 0.5) is 5.69 Å². The number of nitro groups is 1. The Morgan fingerprint density at radius 1 is 1.61 bits per heavy atom. The van der Waals surface area contributed by atoms with Gasteiger partial charge in [0.15, 0.2) is 0 Å². The number of hydrogen-bond donors (Lipinski definition) is 0. The second kappa shape index (κ2) is 5.98. The number of ether oxygens (including phenoxy) is 1. The average molecular weight is 269 g/mol.